The second kappa shape index (κ2) is 7.13. The minimum Gasteiger partial charge on any atom is -0.458 e. The Morgan fingerprint density at radius 3 is 2.55 bits per heavy atom. The van der Waals surface area contributed by atoms with Crippen LogP contribution in [0, 0.1) is 28.6 Å². The third-order valence-corrected chi connectivity index (χ3v) is 9.87. The Morgan fingerprint density at radius 2 is 1.84 bits per heavy atom. The van der Waals surface area contributed by atoms with E-state index in [0.29, 0.717) is 31.5 Å². The fourth-order valence-corrected chi connectivity index (χ4v) is 8.27. The minimum atomic E-state index is -1.41. The highest BCUT2D eigenvalue weighted by Crippen LogP contribution is 2.68. The van der Waals surface area contributed by atoms with Crippen molar-refractivity contribution >= 4 is 11.8 Å². The summed E-state index contributed by atoms with van der Waals surface area (Å²) in [5.74, 6) is -0.00314. The zero-order valence-corrected chi connectivity index (χ0v) is 19.1. The number of rotatable bonds is 3. The van der Waals surface area contributed by atoms with E-state index in [1.165, 1.54) is 6.92 Å². The first-order valence-electron chi connectivity index (χ1n) is 12.0. The fraction of sp³-hybridized carbons (Fsp3) is 0.840. The maximum absolute atomic E-state index is 13.0. The second-order valence-corrected chi connectivity index (χ2v) is 11.1. The molecule has 5 aliphatic rings. The number of hydrogen-bond donors (Lipinski definition) is 1. The molecule has 31 heavy (non-hydrogen) atoms. The summed E-state index contributed by atoms with van der Waals surface area (Å²) in [5.41, 5.74) is -0.273. The lowest BCUT2D eigenvalue weighted by Gasteiger charge is -2.59. The van der Waals surface area contributed by atoms with Gasteiger partial charge in [-0.25, -0.2) is 0 Å². The van der Waals surface area contributed by atoms with Crippen molar-refractivity contribution in [1.82, 2.24) is 0 Å². The standard InChI is InChI=1S/C25H36O6/c1-16(26)29-14-21(27)25(28)11-8-20-18-5-4-17-6-10-24(30-12-13-31-24)15-22(17,2)19(18)7-9-23(20,25)3/h4,18-20,28H,5-15H2,1-3H3/t18?,19?,20?,22-,23-,25-/m1/s1. The molecule has 1 aliphatic heterocycles. The predicted molar refractivity (Wildman–Crippen MR) is 113 cm³/mol. The molecule has 0 radical (unpaired) electrons. The van der Waals surface area contributed by atoms with E-state index in [2.05, 4.69) is 19.9 Å². The molecule has 6 heteroatoms. The van der Waals surface area contributed by atoms with E-state index in [4.69, 9.17) is 14.2 Å². The second-order valence-electron chi connectivity index (χ2n) is 11.1. The highest BCUT2D eigenvalue weighted by molar-refractivity contribution is 5.90. The molecule has 5 rings (SSSR count). The van der Waals surface area contributed by atoms with Crippen molar-refractivity contribution in [3.8, 4) is 0 Å². The van der Waals surface area contributed by atoms with E-state index in [1.54, 1.807) is 5.57 Å². The first kappa shape index (κ1) is 21.6. The van der Waals surface area contributed by atoms with Gasteiger partial charge in [0.05, 0.1) is 13.2 Å². The van der Waals surface area contributed by atoms with Crippen molar-refractivity contribution in [1.29, 1.82) is 0 Å². The number of carbonyl (C=O) groups is 2. The zero-order chi connectivity index (χ0) is 22.1. The number of hydrogen-bond acceptors (Lipinski definition) is 6. The van der Waals surface area contributed by atoms with Crippen LogP contribution < -0.4 is 0 Å². The van der Waals surface area contributed by atoms with Crippen LogP contribution in [0.25, 0.3) is 0 Å². The van der Waals surface area contributed by atoms with Crippen LogP contribution in [0.1, 0.15) is 72.1 Å². The Morgan fingerprint density at radius 1 is 1.13 bits per heavy atom. The van der Waals surface area contributed by atoms with Gasteiger partial charge >= 0.3 is 5.97 Å². The van der Waals surface area contributed by atoms with Gasteiger partial charge in [-0.05, 0) is 61.7 Å². The first-order chi connectivity index (χ1) is 14.6. The summed E-state index contributed by atoms with van der Waals surface area (Å²) in [5, 5.41) is 11.6. The van der Waals surface area contributed by atoms with Crippen molar-refractivity contribution in [3.63, 3.8) is 0 Å². The van der Waals surface area contributed by atoms with Crippen LogP contribution in [0.5, 0.6) is 0 Å². The Kier molecular flexibility index (Phi) is 4.97. The van der Waals surface area contributed by atoms with Crippen LogP contribution in [-0.2, 0) is 23.8 Å². The lowest BCUT2D eigenvalue weighted by atomic mass is 9.46. The summed E-state index contributed by atoms with van der Waals surface area (Å²) in [6.07, 6.45) is 9.48. The summed E-state index contributed by atoms with van der Waals surface area (Å²) in [6.45, 7) is 6.82. The molecule has 0 aromatic carbocycles. The van der Waals surface area contributed by atoms with Gasteiger partial charge in [0.1, 0.15) is 5.60 Å². The number of fused-ring (bicyclic) bond motifs is 5. The summed E-state index contributed by atoms with van der Waals surface area (Å²) in [7, 11) is 0. The van der Waals surface area contributed by atoms with Crippen LogP contribution >= 0.6 is 0 Å². The molecule has 1 heterocycles. The Hall–Kier alpha value is -1.24. The Balaban J connectivity index is 1.41. The van der Waals surface area contributed by atoms with E-state index < -0.39 is 22.8 Å². The molecule has 0 aromatic heterocycles. The van der Waals surface area contributed by atoms with Crippen LogP contribution in [0.3, 0.4) is 0 Å². The van der Waals surface area contributed by atoms with Gasteiger partial charge in [0, 0.05) is 25.2 Å². The van der Waals surface area contributed by atoms with Crippen molar-refractivity contribution in [2.75, 3.05) is 19.8 Å². The minimum absolute atomic E-state index is 0.0509. The van der Waals surface area contributed by atoms with Crippen molar-refractivity contribution in [3.05, 3.63) is 11.6 Å². The predicted octanol–water partition coefficient (Wildman–Crippen LogP) is 3.56. The van der Waals surface area contributed by atoms with Crippen LogP contribution in [-0.4, -0.2) is 48.1 Å². The zero-order valence-electron chi connectivity index (χ0n) is 19.1. The molecule has 4 aliphatic carbocycles. The monoisotopic (exact) mass is 432 g/mol. The molecule has 1 spiro atoms. The number of ketones is 1. The molecule has 0 amide bonds. The third-order valence-electron chi connectivity index (χ3n) is 9.87. The van der Waals surface area contributed by atoms with E-state index in [9.17, 15) is 14.7 Å². The molecule has 6 nitrogen and oxygen atoms in total. The van der Waals surface area contributed by atoms with Gasteiger partial charge in [0.15, 0.2) is 12.4 Å². The lowest BCUT2D eigenvalue weighted by Crippen LogP contribution is -2.59. The highest BCUT2D eigenvalue weighted by atomic mass is 16.7. The summed E-state index contributed by atoms with van der Waals surface area (Å²) >= 11 is 0. The molecule has 0 aromatic rings. The normalized spacial score (nSPS) is 45.4. The molecule has 3 saturated carbocycles. The molecule has 1 saturated heterocycles. The van der Waals surface area contributed by atoms with Crippen LogP contribution in [0.2, 0.25) is 0 Å². The van der Waals surface area contributed by atoms with Gasteiger partial charge < -0.3 is 19.3 Å². The van der Waals surface area contributed by atoms with Crippen molar-refractivity contribution in [2.45, 2.75) is 83.5 Å². The summed E-state index contributed by atoms with van der Waals surface area (Å²) in [6, 6.07) is 0. The number of carbonyl (C=O) groups excluding carboxylic acids is 2. The summed E-state index contributed by atoms with van der Waals surface area (Å²) in [4.78, 5) is 24.2. The lowest BCUT2D eigenvalue weighted by molar-refractivity contribution is -0.207. The van der Waals surface area contributed by atoms with Gasteiger partial charge in [0.25, 0.3) is 0 Å². The third kappa shape index (κ3) is 3.01. The molecule has 172 valence electrons. The largest absolute Gasteiger partial charge is 0.458 e. The van der Waals surface area contributed by atoms with Gasteiger partial charge in [-0.3, -0.25) is 9.59 Å². The van der Waals surface area contributed by atoms with Gasteiger partial charge in [-0.2, -0.15) is 0 Å². The Bertz CT molecular complexity index is 813. The van der Waals surface area contributed by atoms with E-state index in [0.717, 1.165) is 44.9 Å². The maximum atomic E-state index is 13.0. The molecular weight excluding hydrogens is 396 g/mol. The first-order valence-corrected chi connectivity index (χ1v) is 12.0. The SMILES string of the molecule is CC(=O)OCC(=O)[C@]1(O)CCC2C3CC=C4CCC5(C[C@@]4(C)C3CC[C@]21C)OCCO5. The molecule has 3 unspecified atom stereocenters. The number of ether oxygens (including phenoxy) is 3. The molecular formula is C25H36O6. The van der Waals surface area contributed by atoms with E-state index in [1.807, 2.05) is 0 Å². The molecule has 0 bridgehead atoms. The van der Waals surface area contributed by atoms with Gasteiger partial charge in [0.2, 0.25) is 5.78 Å². The quantitative estimate of drug-likeness (QED) is 0.542. The molecule has 6 atom stereocenters. The average molecular weight is 433 g/mol. The van der Waals surface area contributed by atoms with Crippen LogP contribution in [0.15, 0.2) is 11.6 Å². The Labute approximate surface area is 184 Å². The fourth-order valence-electron chi connectivity index (χ4n) is 8.27. The molecule has 4 fully saturated rings. The summed E-state index contributed by atoms with van der Waals surface area (Å²) < 4.78 is 17.2. The average Bonchev–Trinajstić information content (AvgIpc) is 3.28. The molecule has 1 N–H and O–H groups in total. The van der Waals surface area contributed by atoms with E-state index >= 15 is 0 Å². The van der Waals surface area contributed by atoms with Gasteiger partial charge in [-0.1, -0.05) is 25.5 Å². The maximum Gasteiger partial charge on any atom is 0.303 e. The van der Waals surface area contributed by atoms with Crippen molar-refractivity contribution in [2.24, 2.45) is 28.6 Å². The number of esters is 1. The number of Topliss-reactive ketones (excluding diaryl/α,β-unsaturated/α-hetero) is 1. The van der Waals surface area contributed by atoms with E-state index in [-0.39, 0.29) is 23.7 Å². The van der Waals surface area contributed by atoms with Crippen molar-refractivity contribution < 1.29 is 28.9 Å². The van der Waals surface area contributed by atoms with Crippen LogP contribution in [0.4, 0.5) is 0 Å². The number of aliphatic hydroxyl groups is 1. The smallest absolute Gasteiger partial charge is 0.303 e. The highest BCUT2D eigenvalue weighted by Gasteiger charge is 2.66. The topological polar surface area (TPSA) is 82.1 Å². The number of allylic oxidation sites excluding steroid dienone is 2. The van der Waals surface area contributed by atoms with Gasteiger partial charge in [-0.15, -0.1) is 0 Å².